The van der Waals surface area contributed by atoms with E-state index in [0.29, 0.717) is 17.3 Å². The van der Waals surface area contributed by atoms with Gasteiger partial charge in [-0.2, -0.15) is 0 Å². The Bertz CT molecular complexity index is 375. The summed E-state index contributed by atoms with van der Waals surface area (Å²) in [5, 5.41) is 14.2. The van der Waals surface area contributed by atoms with E-state index in [2.05, 4.69) is 5.32 Å². The van der Waals surface area contributed by atoms with E-state index in [1.807, 2.05) is 12.1 Å². The van der Waals surface area contributed by atoms with Crippen LogP contribution in [0.3, 0.4) is 0 Å². The molecule has 1 heterocycles. The molecular weight excluding hydrogens is 226 g/mol. The van der Waals surface area contributed by atoms with Crippen LogP contribution in [0.4, 0.5) is 0 Å². The highest BCUT2D eigenvalue weighted by Gasteiger charge is 2.33. The molecule has 0 aliphatic carbocycles. The first-order valence-corrected chi connectivity index (χ1v) is 5.81. The Kier molecular flexibility index (Phi) is 3.38. The van der Waals surface area contributed by atoms with Gasteiger partial charge in [0.2, 0.25) is 0 Å². The third-order valence-corrected chi connectivity index (χ3v) is 3.44. The molecule has 2 rings (SSSR count). The van der Waals surface area contributed by atoms with Gasteiger partial charge in [-0.05, 0) is 25.5 Å². The van der Waals surface area contributed by atoms with Gasteiger partial charge >= 0.3 is 0 Å². The van der Waals surface area contributed by atoms with Gasteiger partial charge in [-0.25, -0.2) is 0 Å². The van der Waals surface area contributed by atoms with Crippen LogP contribution in [0.5, 0.6) is 5.75 Å². The van der Waals surface area contributed by atoms with Crippen LogP contribution in [-0.4, -0.2) is 25.3 Å². The highest BCUT2D eigenvalue weighted by atomic mass is 35.5. The molecule has 0 spiro atoms. The normalized spacial score (nSPS) is 25.4. The first-order chi connectivity index (χ1) is 7.67. The van der Waals surface area contributed by atoms with Crippen LogP contribution >= 0.6 is 11.6 Å². The molecule has 16 heavy (non-hydrogen) atoms. The summed E-state index contributed by atoms with van der Waals surface area (Å²) in [5.41, 5.74) is -0.120. The van der Waals surface area contributed by atoms with E-state index in [-0.39, 0.29) is 0 Å². The molecule has 1 unspecified atom stereocenters. The highest BCUT2D eigenvalue weighted by Crippen LogP contribution is 2.37. The maximum absolute atomic E-state index is 10.5. The lowest BCUT2D eigenvalue weighted by Gasteiger charge is -2.34. The molecule has 1 saturated heterocycles. The molecule has 1 aromatic rings. The summed E-state index contributed by atoms with van der Waals surface area (Å²) < 4.78 is 5.16. The molecule has 2 N–H and O–H groups in total. The average Bonchev–Trinajstić information content (AvgIpc) is 2.30. The second kappa shape index (κ2) is 4.62. The zero-order chi connectivity index (χ0) is 11.6. The number of halogens is 1. The fourth-order valence-corrected chi connectivity index (χ4v) is 2.53. The molecule has 1 fully saturated rings. The van der Waals surface area contributed by atoms with Gasteiger partial charge in [-0.1, -0.05) is 23.7 Å². The van der Waals surface area contributed by atoms with E-state index in [1.54, 1.807) is 13.2 Å². The van der Waals surface area contributed by atoms with Crippen molar-refractivity contribution >= 4 is 11.6 Å². The standard InChI is InChI=1S/C12H16ClNO2/c1-16-10-5-2-4-9(11(10)13)12(15)6-3-7-14-8-12/h2,4-5,14-15H,3,6-8H2,1H3. The van der Waals surface area contributed by atoms with Crippen molar-refractivity contribution < 1.29 is 9.84 Å². The van der Waals surface area contributed by atoms with E-state index >= 15 is 0 Å². The van der Waals surface area contributed by atoms with E-state index in [1.165, 1.54) is 0 Å². The van der Waals surface area contributed by atoms with Crippen LogP contribution in [0.2, 0.25) is 5.02 Å². The quantitative estimate of drug-likeness (QED) is 0.831. The molecule has 1 aliphatic rings. The SMILES string of the molecule is COc1cccc(C2(O)CCCNC2)c1Cl. The van der Waals surface area contributed by atoms with Gasteiger partial charge in [0.05, 0.1) is 12.1 Å². The molecular formula is C12H16ClNO2. The molecule has 0 amide bonds. The summed E-state index contributed by atoms with van der Waals surface area (Å²) in [5.74, 6) is 0.609. The lowest BCUT2D eigenvalue weighted by molar-refractivity contribution is 0.0122. The Hall–Kier alpha value is -0.770. The van der Waals surface area contributed by atoms with Gasteiger partial charge in [-0.15, -0.1) is 0 Å². The number of rotatable bonds is 2. The van der Waals surface area contributed by atoms with Crippen molar-refractivity contribution in [3.05, 3.63) is 28.8 Å². The molecule has 1 aliphatic heterocycles. The van der Waals surface area contributed by atoms with Crippen LogP contribution in [0, 0.1) is 0 Å². The summed E-state index contributed by atoms with van der Waals surface area (Å²) in [4.78, 5) is 0. The predicted octanol–water partition coefficient (Wildman–Crippen LogP) is 1.92. The zero-order valence-corrected chi connectivity index (χ0v) is 10.0. The van der Waals surface area contributed by atoms with Gasteiger partial charge < -0.3 is 15.2 Å². The Balaban J connectivity index is 2.38. The predicted molar refractivity (Wildman–Crippen MR) is 64.0 cm³/mol. The van der Waals surface area contributed by atoms with Crippen LogP contribution in [0.1, 0.15) is 18.4 Å². The molecule has 0 radical (unpaired) electrons. The van der Waals surface area contributed by atoms with E-state index in [9.17, 15) is 5.11 Å². The van der Waals surface area contributed by atoms with Crippen molar-refractivity contribution in [2.75, 3.05) is 20.2 Å². The summed E-state index contributed by atoms with van der Waals surface area (Å²) in [6.45, 7) is 1.49. The topological polar surface area (TPSA) is 41.5 Å². The third-order valence-electron chi connectivity index (χ3n) is 3.05. The maximum atomic E-state index is 10.5. The van der Waals surface area contributed by atoms with Crippen LogP contribution in [-0.2, 0) is 5.60 Å². The number of aliphatic hydroxyl groups is 1. The van der Waals surface area contributed by atoms with Crippen molar-refractivity contribution in [3.8, 4) is 5.75 Å². The number of methoxy groups -OCH3 is 1. The highest BCUT2D eigenvalue weighted by molar-refractivity contribution is 6.33. The summed E-state index contributed by atoms with van der Waals surface area (Å²) in [7, 11) is 1.58. The van der Waals surface area contributed by atoms with Crippen molar-refractivity contribution in [3.63, 3.8) is 0 Å². The smallest absolute Gasteiger partial charge is 0.137 e. The van der Waals surface area contributed by atoms with Crippen molar-refractivity contribution in [2.45, 2.75) is 18.4 Å². The van der Waals surface area contributed by atoms with Gasteiger partial charge in [0.1, 0.15) is 11.4 Å². The first kappa shape index (κ1) is 11.7. The largest absolute Gasteiger partial charge is 0.495 e. The molecule has 0 aromatic heterocycles. The molecule has 4 heteroatoms. The van der Waals surface area contributed by atoms with Crippen LogP contribution in [0.25, 0.3) is 0 Å². The van der Waals surface area contributed by atoms with Gasteiger partial charge in [0, 0.05) is 12.1 Å². The summed E-state index contributed by atoms with van der Waals surface area (Å²) in [6, 6.07) is 5.51. The van der Waals surface area contributed by atoms with Gasteiger partial charge in [-0.3, -0.25) is 0 Å². The lowest BCUT2D eigenvalue weighted by Crippen LogP contribution is -2.43. The van der Waals surface area contributed by atoms with Gasteiger partial charge in [0.25, 0.3) is 0 Å². The summed E-state index contributed by atoms with van der Waals surface area (Å²) in [6.07, 6.45) is 1.68. The van der Waals surface area contributed by atoms with Crippen molar-refractivity contribution in [2.24, 2.45) is 0 Å². The van der Waals surface area contributed by atoms with E-state index < -0.39 is 5.60 Å². The van der Waals surface area contributed by atoms with E-state index in [4.69, 9.17) is 16.3 Å². The van der Waals surface area contributed by atoms with Gasteiger partial charge in [0.15, 0.2) is 0 Å². The molecule has 88 valence electrons. The minimum atomic E-state index is -0.871. The minimum absolute atomic E-state index is 0.510. The fourth-order valence-electron chi connectivity index (χ4n) is 2.15. The second-order valence-corrected chi connectivity index (χ2v) is 4.51. The first-order valence-electron chi connectivity index (χ1n) is 5.43. The Morgan fingerprint density at radius 2 is 2.31 bits per heavy atom. The maximum Gasteiger partial charge on any atom is 0.137 e. The molecule has 0 saturated carbocycles. The molecule has 1 atom stereocenters. The number of hydrogen-bond donors (Lipinski definition) is 2. The summed E-state index contributed by atoms with van der Waals surface area (Å²) >= 11 is 6.22. The van der Waals surface area contributed by atoms with Crippen molar-refractivity contribution in [1.29, 1.82) is 0 Å². The average molecular weight is 242 g/mol. The Morgan fingerprint density at radius 1 is 1.50 bits per heavy atom. The van der Waals surface area contributed by atoms with Crippen molar-refractivity contribution in [1.82, 2.24) is 5.32 Å². The molecule has 1 aromatic carbocycles. The number of ether oxygens (including phenoxy) is 1. The number of benzene rings is 1. The Morgan fingerprint density at radius 3 is 2.94 bits per heavy atom. The molecule has 0 bridgehead atoms. The number of piperidine rings is 1. The number of hydrogen-bond acceptors (Lipinski definition) is 3. The zero-order valence-electron chi connectivity index (χ0n) is 9.29. The van der Waals surface area contributed by atoms with E-state index in [0.717, 1.165) is 24.9 Å². The van der Waals surface area contributed by atoms with Crippen LogP contribution < -0.4 is 10.1 Å². The number of β-amino-alcohol motifs (C(OH)–C–C–N with tert-alkyl or cyclic N) is 1. The Labute approximate surface area is 100 Å². The minimum Gasteiger partial charge on any atom is -0.495 e. The van der Waals surface area contributed by atoms with Crippen LogP contribution in [0.15, 0.2) is 18.2 Å². The third kappa shape index (κ3) is 2.03. The molecule has 3 nitrogen and oxygen atoms in total. The monoisotopic (exact) mass is 241 g/mol. The number of nitrogens with one attached hydrogen (secondary N) is 1. The fraction of sp³-hybridized carbons (Fsp3) is 0.500. The lowest BCUT2D eigenvalue weighted by atomic mass is 9.86. The second-order valence-electron chi connectivity index (χ2n) is 4.13.